The normalized spacial score (nSPS) is 24.1. The molecule has 9 nitrogen and oxygen atoms in total. The Balaban J connectivity index is 1.25. The molecular formula is C39H42N6O3S. The van der Waals surface area contributed by atoms with Gasteiger partial charge in [-0.15, -0.1) is 11.8 Å². The lowest BCUT2D eigenvalue weighted by atomic mass is 9.69. The van der Waals surface area contributed by atoms with E-state index in [0.29, 0.717) is 19.3 Å². The Hall–Kier alpha value is -4.57. The van der Waals surface area contributed by atoms with Crippen molar-refractivity contribution in [3.63, 3.8) is 0 Å². The number of hydrogen-bond donors (Lipinski definition) is 3. The van der Waals surface area contributed by atoms with Crippen molar-refractivity contribution in [2.24, 2.45) is 5.41 Å². The lowest BCUT2D eigenvalue weighted by molar-refractivity contribution is -0.119. The minimum absolute atomic E-state index is 0.0859. The number of hydrogen-bond acceptors (Lipinski definition) is 8. The number of aryl methyl sites for hydroxylation is 1. The van der Waals surface area contributed by atoms with E-state index in [4.69, 9.17) is 9.84 Å². The van der Waals surface area contributed by atoms with Crippen molar-refractivity contribution in [1.29, 1.82) is 0 Å². The molecule has 10 heteroatoms. The number of anilines is 2. The molecular weight excluding hydrogens is 633 g/mol. The van der Waals surface area contributed by atoms with E-state index < -0.39 is 5.54 Å². The summed E-state index contributed by atoms with van der Waals surface area (Å²) in [5.41, 5.74) is 8.71. The molecule has 2 aliphatic heterocycles. The Kier molecular flexibility index (Phi) is 7.26. The predicted octanol–water partition coefficient (Wildman–Crippen LogP) is 7.74. The largest absolute Gasteiger partial charge is 0.497 e. The maximum absolute atomic E-state index is 14.5. The van der Waals surface area contributed by atoms with Gasteiger partial charge in [-0.25, -0.2) is 0 Å². The molecule has 0 saturated carbocycles. The fraction of sp³-hybridized carbons (Fsp3) is 0.385. The number of ether oxygens (including phenoxy) is 1. The van der Waals surface area contributed by atoms with Crippen LogP contribution in [0.2, 0.25) is 0 Å². The van der Waals surface area contributed by atoms with Crippen LogP contribution in [0.25, 0.3) is 0 Å². The summed E-state index contributed by atoms with van der Waals surface area (Å²) >= 11 is 1.70. The van der Waals surface area contributed by atoms with Gasteiger partial charge in [-0.05, 0) is 68.2 Å². The molecule has 4 aromatic rings. The molecule has 4 aliphatic rings. The number of allylic oxidation sites excluding steroid dienone is 4. The van der Waals surface area contributed by atoms with Gasteiger partial charge in [0.05, 0.1) is 12.6 Å². The zero-order chi connectivity index (χ0) is 34.4. The number of rotatable bonds is 5. The van der Waals surface area contributed by atoms with Crippen LogP contribution in [0.5, 0.6) is 5.75 Å². The molecule has 0 bridgehead atoms. The van der Waals surface area contributed by atoms with Crippen LogP contribution in [0.1, 0.15) is 91.9 Å². The lowest BCUT2D eigenvalue weighted by Crippen LogP contribution is -2.42. The number of nitrogens with one attached hydrogen (secondary N) is 3. The number of carbonyl (C=O) groups is 2. The van der Waals surface area contributed by atoms with Gasteiger partial charge in [0.2, 0.25) is 0 Å². The number of benzene rings is 2. The van der Waals surface area contributed by atoms with Gasteiger partial charge in [0.25, 0.3) is 0 Å². The zero-order valence-electron chi connectivity index (χ0n) is 29.1. The van der Waals surface area contributed by atoms with Crippen molar-refractivity contribution < 1.29 is 14.3 Å². The van der Waals surface area contributed by atoms with Crippen LogP contribution >= 0.6 is 11.8 Å². The molecule has 2 aromatic carbocycles. The van der Waals surface area contributed by atoms with Crippen LogP contribution in [0, 0.1) is 19.3 Å². The highest BCUT2D eigenvalue weighted by Crippen LogP contribution is 2.54. The van der Waals surface area contributed by atoms with E-state index in [0.717, 1.165) is 84.9 Å². The summed E-state index contributed by atoms with van der Waals surface area (Å²) < 4.78 is 7.49. The van der Waals surface area contributed by atoms with Crippen molar-refractivity contribution in [1.82, 2.24) is 20.0 Å². The number of fused-ring (bicyclic) bond motifs is 2. The van der Waals surface area contributed by atoms with Crippen molar-refractivity contribution in [2.75, 3.05) is 24.0 Å². The second-order valence-corrected chi connectivity index (χ2v) is 15.8. The summed E-state index contributed by atoms with van der Waals surface area (Å²) in [6.45, 7) is 10.5. The number of aromatic nitrogens is 4. The fourth-order valence-electron chi connectivity index (χ4n) is 8.81. The molecule has 0 fully saturated rings. The van der Waals surface area contributed by atoms with Crippen LogP contribution in [0.15, 0.2) is 76.0 Å². The number of thioether (sulfide) groups is 1. The number of ketones is 2. The maximum atomic E-state index is 14.5. The molecule has 2 aromatic heterocycles. The molecule has 3 N–H and O–H groups in total. The van der Waals surface area contributed by atoms with Gasteiger partial charge in [-0.2, -0.15) is 10.2 Å². The van der Waals surface area contributed by atoms with Crippen LogP contribution in [-0.2, 0) is 15.1 Å². The predicted molar refractivity (Wildman–Crippen MR) is 192 cm³/mol. The first-order valence-corrected chi connectivity index (χ1v) is 18.1. The van der Waals surface area contributed by atoms with Gasteiger partial charge in [0, 0.05) is 81.0 Å². The van der Waals surface area contributed by atoms with Crippen molar-refractivity contribution >= 4 is 35.0 Å². The van der Waals surface area contributed by atoms with Gasteiger partial charge in [0.1, 0.15) is 5.75 Å². The number of nitrogens with zero attached hydrogens (tertiary/aromatic N) is 3. The molecule has 49 heavy (non-hydrogen) atoms. The number of carbonyl (C=O) groups excluding carboxylic acids is 2. The van der Waals surface area contributed by atoms with Gasteiger partial charge in [-0.1, -0.05) is 44.2 Å². The first-order valence-electron chi connectivity index (χ1n) is 16.9. The highest BCUT2D eigenvalue weighted by molar-refractivity contribution is 7.98. The molecule has 0 amide bonds. The van der Waals surface area contributed by atoms with Crippen molar-refractivity contribution in [3.05, 3.63) is 105 Å². The topological polar surface area (TPSA) is 114 Å². The third-order valence-electron chi connectivity index (χ3n) is 10.9. The van der Waals surface area contributed by atoms with E-state index in [1.165, 1.54) is 0 Å². The average molecular weight is 675 g/mol. The Labute approximate surface area is 291 Å². The number of aromatic amines is 1. The molecule has 4 heterocycles. The van der Waals surface area contributed by atoms with Crippen LogP contribution in [0.3, 0.4) is 0 Å². The monoisotopic (exact) mass is 674 g/mol. The highest BCUT2D eigenvalue weighted by Gasteiger charge is 2.48. The Bertz CT molecular complexity index is 2120. The van der Waals surface area contributed by atoms with E-state index in [-0.39, 0.29) is 28.8 Å². The number of Topliss-reactive ketones (excluding diaryl/α,β-unsaturated/α-hetero) is 2. The minimum Gasteiger partial charge on any atom is -0.497 e. The van der Waals surface area contributed by atoms with Crippen LogP contribution in [-0.4, -0.2) is 44.9 Å². The van der Waals surface area contributed by atoms with Crippen LogP contribution < -0.4 is 15.4 Å². The summed E-state index contributed by atoms with van der Waals surface area (Å²) in [7, 11) is 1.66. The quantitative estimate of drug-likeness (QED) is 0.184. The fourth-order valence-corrected chi connectivity index (χ4v) is 9.45. The standard InChI is InChI=1S/C39H42N6O3S/c1-20-30-32(22-12-14-23(48-6)15-13-22)34-26(40-36(30)43-42-20)17-39(5,19-28(34)47)45-21(2)31-33(24-10-8-9-11-29(24)49-7)35-25(41-37(31)44-45)16-38(3,4)18-27(35)46/h8-15,32-33H,16-19H2,1-7H3,(H,41,44)(H2,40,42,43). The summed E-state index contributed by atoms with van der Waals surface area (Å²) in [4.78, 5) is 29.7. The molecule has 0 saturated heterocycles. The van der Waals surface area contributed by atoms with E-state index in [1.807, 2.05) is 31.2 Å². The van der Waals surface area contributed by atoms with Gasteiger partial charge in [0.15, 0.2) is 23.2 Å². The number of H-pyrrole nitrogens is 1. The van der Waals surface area contributed by atoms with Gasteiger partial charge in [-0.3, -0.25) is 19.4 Å². The first kappa shape index (κ1) is 31.7. The molecule has 252 valence electrons. The SMILES string of the molecule is COc1ccc(C2C3=C(CC(C)(n4nc5c(c4C)C(c4ccccc4SC)C4=C(CC(C)(C)CC4=O)N5)CC3=O)Nc3n[nH]c(C)c32)cc1. The summed E-state index contributed by atoms with van der Waals surface area (Å²) in [5.74, 6) is 2.07. The molecule has 3 atom stereocenters. The number of methoxy groups -OCH3 is 1. The molecule has 0 spiro atoms. The lowest BCUT2D eigenvalue weighted by Gasteiger charge is -2.40. The van der Waals surface area contributed by atoms with E-state index in [9.17, 15) is 9.59 Å². The molecule has 2 aliphatic carbocycles. The molecule has 8 rings (SSSR count). The Morgan fingerprint density at radius 3 is 2.24 bits per heavy atom. The maximum Gasteiger partial charge on any atom is 0.163 e. The van der Waals surface area contributed by atoms with E-state index >= 15 is 0 Å². The van der Waals surface area contributed by atoms with Crippen molar-refractivity contribution in [2.45, 2.75) is 82.6 Å². The van der Waals surface area contributed by atoms with Crippen LogP contribution in [0.4, 0.5) is 11.6 Å². The zero-order valence-corrected chi connectivity index (χ0v) is 29.9. The molecule has 0 radical (unpaired) electrons. The highest BCUT2D eigenvalue weighted by atomic mass is 32.2. The molecule has 3 unspecified atom stereocenters. The van der Waals surface area contributed by atoms with Crippen molar-refractivity contribution in [3.8, 4) is 5.75 Å². The summed E-state index contributed by atoms with van der Waals surface area (Å²) in [6.07, 6.45) is 4.22. The smallest absolute Gasteiger partial charge is 0.163 e. The van der Waals surface area contributed by atoms with E-state index in [2.05, 4.69) is 83.7 Å². The third-order valence-corrected chi connectivity index (χ3v) is 11.7. The second-order valence-electron chi connectivity index (χ2n) is 15.0. The summed E-state index contributed by atoms with van der Waals surface area (Å²) in [5, 5.41) is 20.2. The minimum atomic E-state index is -0.660. The first-order chi connectivity index (χ1) is 23.4. The third kappa shape index (κ3) is 4.89. The van der Waals surface area contributed by atoms with Gasteiger partial charge < -0.3 is 15.4 Å². The second kappa shape index (κ2) is 11.2. The van der Waals surface area contributed by atoms with E-state index in [1.54, 1.807) is 18.9 Å². The average Bonchev–Trinajstić information content (AvgIpc) is 3.61. The summed E-state index contributed by atoms with van der Waals surface area (Å²) in [6, 6.07) is 16.4. The Morgan fingerprint density at radius 2 is 1.51 bits per heavy atom. The Morgan fingerprint density at radius 1 is 0.837 bits per heavy atom. The van der Waals surface area contributed by atoms with Gasteiger partial charge >= 0.3 is 0 Å².